The maximum atomic E-state index is 13.1. The third-order valence-corrected chi connectivity index (χ3v) is 5.72. The molecule has 0 unspecified atom stereocenters. The average Bonchev–Trinajstić information content (AvgIpc) is 2.86. The zero-order chi connectivity index (χ0) is 19.4. The molecule has 1 spiro atoms. The summed E-state index contributed by atoms with van der Waals surface area (Å²) in [6.45, 7) is 1.78. The van der Waals surface area contributed by atoms with Gasteiger partial charge in [-0.15, -0.1) is 0 Å². The lowest BCUT2D eigenvalue weighted by Gasteiger charge is -2.42. The minimum Gasteiger partial charge on any atom is -0.371 e. The molecule has 1 aliphatic carbocycles. The van der Waals surface area contributed by atoms with Crippen molar-refractivity contribution < 1.29 is 14.3 Å². The first-order valence-corrected chi connectivity index (χ1v) is 9.99. The van der Waals surface area contributed by atoms with E-state index in [9.17, 15) is 9.59 Å². The first-order valence-electron chi connectivity index (χ1n) is 9.61. The molecule has 0 bridgehead atoms. The Balaban J connectivity index is 1.72. The molecule has 0 atom stereocenters. The van der Waals surface area contributed by atoms with Gasteiger partial charge in [0.2, 0.25) is 0 Å². The van der Waals surface area contributed by atoms with Gasteiger partial charge in [-0.05, 0) is 31.0 Å². The maximum absolute atomic E-state index is 13.1. The van der Waals surface area contributed by atoms with Crippen molar-refractivity contribution in [2.75, 3.05) is 39.1 Å². The Bertz CT molecular complexity index is 700. The van der Waals surface area contributed by atoms with Crippen molar-refractivity contribution in [2.45, 2.75) is 44.1 Å². The van der Waals surface area contributed by atoms with Crippen molar-refractivity contribution in [3.05, 3.63) is 28.8 Å². The SMILES string of the molecule is CN(C)C(=O)Nc1ccc(C(=O)N2CCOC3(CCCCCC3)C2)c(Cl)c1. The zero-order valence-electron chi connectivity index (χ0n) is 16.1. The number of urea groups is 1. The van der Waals surface area contributed by atoms with Crippen LogP contribution in [0, 0.1) is 0 Å². The minimum atomic E-state index is -0.242. The number of nitrogens with zero attached hydrogens (tertiary/aromatic N) is 2. The predicted molar refractivity (Wildman–Crippen MR) is 106 cm³/mol. The summed E-state index contributed by atoms with van der Waals surface area (Å²) in [7, 11) is 3.33. The van der Waals surface area contributed by atoms with E-state index in [-0.39, 0.29) is 17.5 Å². The van der Waals surface area contributed by atoms with E-state index in [2.05, 4.69) is 5.32 Å². The van der Waals surface area contributed by atoms with Gasteiger partial charge in [-0.3, -0.25) is 4.79 Å². The number of halogens is 1. The molecule has 6 nitrogen and oxygen atoms in total. The van der Waals surface area contributed by atoms with Gasteiger partial charge in [-0.2, -0.15) is 0 Å². The Kier molecular flexibility index (Phi) is 6.27. The van der Waals surface area contributed by atoms with Crippen LogP contribution in [0.25, 0.3) is 0 Å². The quantitative estimate of drug-likeness (QED) is 0.826. The predicted octanol–water partition coefficient (Wildman–Crippen LogP) is 4.00. The highest BCUT2D eigenvalue weighted by molar-refractivity contribution is 6.34. The van der Waals surface area contributed by atoms with Crippen LogP contribution in [0.1, 0.15) is 48.9 Å². The molecule has 3 rings (SSSR count). The van der Waals surface area contributed by atoms with E-state index in [0.29, 0.717) is 36.0 Å². The normalized spacial score (nSPS) is 19.4. The lowest BCUT2D eigenvalue weighted by atomic mass is 9.92. The van der Waals surface area contributed by atoms with Gasteiger partial charge in [0.25, 0.3) is 5.91 Å². The molecule has 7 heteroatoms. The topological polar surface area (TPSA) is 61.9 Å². The van der Waals surface area contributed by atoms with E-state index >= 15 is 0 Å². The molecule has 3 amide bonds. The van der Waals surface area contributed by atoms with Gasteiger partial charge in [0.15, 0.2) is 0 Å². The highest BCUT2D eigenvalue weighted by Gasteiger charge is 2.38. The fraction of sp³-hybridized carbons (Fsp3) is 0.600. The van der Waals surface area contributed by atoms with Gasteiger partial charge in [0.1, 0.15) is 0 Å². The molecule has 27 heavy (non-hydrogen) atoms. The molecule has 148 valence electrons. The molecular formula is C20H28ClN3O3. The van der Waals surface area contributed by atoms with Gasteiger partial charge >= 0.3 is 6.03 Å². The summed E-state index contributed by atoms with van der Waals surface area (Å²) < 4.78 is 6.14. The monoisotopic (exact) mass is 393 g/mol. The van der Waals surface area contributed by atoms with E-state index in [4.69, 9.17) is 16.3 Å². The molecule has 1 saturated heterocycles. The molecule has 1 aromatic carbocycles. The van der Waals surface area contributed by atoms with E-state index in [1.54, 1.807) is 32.3 Å². The van der Waals surface area contributed by atoms with E-state index in [1.165, 1.54) is 17.7 Å². The highest BCUT2D eigenvalue weighted by atomic mass is 35.5. The second-order valence-electron chi connectivity index (χ2n) is 7.69. The number of nitrogens with one attached hydrogen (secondary N) is 1. The number of carbonyl (C=O) groups excluding carboxylic acids is 2. The Morgan fingerprint density at radius 1 is 1.19 bits per heavy atom. The Morgan fingerprint density at radius 2 is 1.89 bits per heavy atom. The molecule has 0 radical (unpaired) electrons. The summed E-state index contributed by atoms with van der Waals surface area (Å²) in [6.07, 6.45) is 6.82. The molecular weight excluding hydrogens is 366 g/mol. The van der Waals surface area contributed by atoms with Crippen molar-refractivity contribution in [1.29, 1.82) is 0 Å². The minimum absolute atomic E-state index is 0.0718. The fourth-order valence-electron chi connectivity index (χ4n) is 3.87. The van der Waals surface area contributed by atoms with Crippen LogP contribution < -0.4 is 5.32 Å². The van der Waals surface area contributed by atoms with Crippen LogP contribution in [-0.2, 0) is 4.74 Å². The van der Waals surface area contributed by atoms with Gasteiger partial charge in [0.05, 0.1) is 29.3 Å². The lowest BCUT2D eigenvalue weighted by molar-refractivity contribution is -0.107. The summed E-state index contributed by atoms with van der Waals surface area (Å²) in [5, 5.41) is 3.08. The molecule has 2 aliphatic rings. The summed E-state index contributed by atoms with van der Waals surface area (Å²) in [5.41, 5.74) is 0.832. The number of hydrogen-bond donors (Lipinski definition) is 1. The largest absolute Gasteiger partial charge is 0.371 e. The van der Waals surface area contributed by atoms with Crippen LogP contribution in [0.3, 0.4) is 0 Å². The van der Waals surface area contributed by atoms with Crippen LogP contribution >= 0.6 is 11.6 Å². The molecule has 1 saturated carbocycles. The number of amides is 3. The van der Waals surface area contributed by atoms with Crippen LogP contribution in [0.5, 0.6) is 0 Å². The van der Waals surface area contributed by atoms with Gasteiger partial charge in [0, 0.05) is 26.3 Å². The third kappa shape index (κ3) is 4.74. The van der Waals surface area contributed by atoms with E-state index < -0.39 is 0 Å². The molecule has 1 N–H and O–H groups in total. The van der Waals surface area contributed by atoms with Crippen molar-refractivity contribution in [3.8, 4) is 0 Å². The average molecular weight is 394 g/mol. The summed E-state index contributed by atoms with van der Waals surface area (Å²) in [4.78, 5) is 28.1. The van der Waals surface area contributed by atoms with E-state index in [1.807, 2.05) is 4.90 Å². The number of ether oxygens (including phenoxy) is 1. The third-order valence-electron chi connectivity index (χ3n) is 5.41. The van der Waals surface area contributed by atoms with Crippen LogP contribution in [0.2, 0.25) is 5.02 Å². The summed E-state index contributed by atoms with van der Waals surface area (Å²) in [5.74, 6) is -0.0718. The first kappa shape index (κ1) is 20.0. The Hall–Kier alpha value is -1.79. The Morgan fingerprint density at radius 3 is 2.52 bits per heavy atom. The molecule has 1 aliphatic heterocycles. The van der Waals surface area contributed by atoms with E-state index in [0.717, 1.165) is 25.7 Å². The summed E-state index contributed by atoms with van der Waals surface area (Å²) in [6, 6.07) is 4.78. The second kappa shape index (κ2) is 8.48. The van der Waals surface area contributed by atoms with Crippen LogP contribution in [0.15, 0.2) is 18.2 Å². The standard InChI is InChI=1S/C20H28ClN3O3/c1-23(2)19(26)22-15-7-8-16(17(21)13-15)18(25)24-11-12-27-20(14-24)9-5-3-4-6-10-20/h7-8,13H,3-6,9-12,14H2,1-2H3,(H,22,26). The summed E-state index contributed by atoms with van der Waals surface area (Å²) >= 11 is 6.37. The van der Waals surface area contributed by atoms with Gasteiger partial charge in [-0.25, -0.2) is 4.79 Å². The maximum Gasteiger partial charge on any atom is 0.321 e. The first-order chi connectivity index (χ1) is 12.9. The number of hydrogen-bond acceptors (Lipinski definition) is 3. The Labute approximate surface area is 165 Å². The number of morpholine rings is 1. The molecule has 1 aromatic rings. The molecule has 1 heterocycles. The van der Waals surface area contributed by atoms with Crippen molar-refractivity contribution in [2.24, 2.45) is 0 Å². The van der Waals surface area contributed by atoms with Crippen molar-refractivity contribution in [3.63, 3.8) is 0 Å². The smallest absolute Gasteiger partial charge is 0.321 e. The second-order valence-corrected chi connectivity index (χ2v) is 8.10. The fourth-order valence-corrected chi connectivity index (χ4v) is 4.13. The number of rotatable bonds is 2. The highest BCUT2D eigenvalue weighted by Crippen LogP contribution is 2.34. The van der Waals surface area contributed by atoms with Gasteiger partial charge in [-0.1, -0.05) is 37.3 Å². The number of benzene rings is 1. The number of anilines is 1. The number of carbonyl (C=O) groups is 2. The van der Waals surface area contributed by atoms with Crippen molar-refractivity contribution in [1.82, 2.24) is 9.80 Å². The lowest BCUT2D eigenvalue weighted by Crippen LogP contribution is -2.53. The van der Waals surface area contributed by atoms with Crippen LogP contribution in [0.4, 0.5) is 10.5 Å². The van der Waals surface area contributed by atoms with Crippen LogP contribution in [-0.4, -0.2) is 61.1 Å². The van der Waals surface area contributed by atoms with Gasteiger partial charge < -0.3 is 19.9 Å². The molecule has 0 aromatic heterocycles. The van der Waals surface area contributed by atoms with Crippen molar-refractivity contribution >= 4 is 29.2 Å². The zero-order valence-corrected chi connectivity index (χ0v) is 16.8. The molecule has 2 fully saturated rings.